The fraction of sp³-hybridized carbons (Fsp3) is 0.571. The molecule has 4 atom stereocenters. The van der Waals surface area contributed by atoms with Crippen LogP contribution >= 0.6 is 0 Å². The van der Waals surface area contributed by atoms with Crippen LogP contribution in [0.4, 0.5) is 0 Å². The van der Waals surface area contributed by atoms with Crippen LogP contribution in [-0.2, 0) is 4.74 Å². The second kappa shape index (κ2) is 6.25. The largest absolute Gasteiger partial charge is 0.394 e. The van der Waals surface area contributed by atoms with Crippen LogP contribution in [0.2, 0.25) is 0 Å². The van der Waals surface area contributed by atoms with Crippen molar-refractivity contribution in [3.63, 3.8) is 0 Å². The first-order valence-electron chi connectivity index (χ1n) is 6.60. The minimum absolute atomic E-state index is 0.102. The van der Waals surface area contributed by atoms with E-state index in [4.69, 9.17) is 15.1 Å². The molecular weight excluding hydrogens is 274 g/mol. The Labute approximate surface area is 122 Å². The molecule has 0 amide bonds. The van der Waals surface area contributed by atoms with E-state index in [0.717, 1.165) is 0 Å². The molecule has 21 heavy (non-hydrogen) atoms. The van der Waals surface area contributed by atoms with Crippen LogP contribution in [0.1, 0.15) is 31.5 Å². The Balaban J connectivity index is 2.40. The molecule has 0 aromatic carbocycles. The molecule has 0 saturated carbocycles. The molecule has 3 N–H and O–H groups in total. The summed E-state index contributed by atoms with van der Waals surface area (Å²) in [5, 5.41) is 38.0. The lowest BCUT2D eigenvalue weighted by molar-refractivity contribution is -0.0531. The monoisotopic (exact) mass is 291 g/mol. The Hall–Kier alpha value is -1.90. The second-order valence-corrected chi connectivity index (χ2v) is 5.11. The molecular formula is C14H17N3O4. The van der Waals surface area contributed by atoms with Crippen LogP contribution in [0, 0.1) is 29.1 Å². The lowest BCUT2D eigenvalue weighted by atomic mass is 10.1. The molecule has 1 saturated heterocycles. The maximum atomic E-state index is 10.0. The molecule has 1 aromatic rings. The number of nitrogens with zero attached hydrogens (tertiary/aromatic N) is 3. The van der Waals surface area contributed by atoms with Gasteiger partial charge in [-0.2, -0.15) is 5.26 Å². The van der Waals surface area contributed by atoms with Gasteiger partial charge in [0.25, 0.3) is 0 Å². The average Bonchev–Trinajstić information content (AvgIpc) is 2.99. The van der Waals surface area contributed by atoms with Gasteiger partial charge in [-0.3, -0.25) is 4.57 Å². The summed E-state index contributed by atoms with van der Waals surface area (Å²) >= 11 is 0. The van der Waals surface area contributed by atoms with Crippen molar-refractivity contribution in [1.29, 1.82) is 5.26 Å². The number of hydrogen-bond donors (Lipinski definition) is 3. The molecule has 112 valence electrons. The van der Waals surface area contributed by atoms with Crippen molar-refractivity contribution in [2.24, 2.45) is 5.92 Å². The zero-order valence-corrected chi connectivity index (χ0v) is 11.8. The van der Waals surface area contributed by atoms with Crippen molar-refractivity contribution in [1.82, 2.24) is 9.55 Å². The fourth-order valence-corrected chi connectivity index (χ4v) is 2.08. The molecule has 2 rings (SSSR count). The molecule has 1 aromatic heterocycles. The Bertz CT molecular complexity index is 608. The van der Waals surface area contributed by atoms with E-state index in [0.29, 0.717) is 5.69 Å². The predicted molar refractivity (Wildman–Crippen MR) is 71.7 cm³/mol. The first-order chi connectivity index (χ1) is 9.99. The van der Waals surface area contributed by atoms with E-state index in [1.54, 1.807) is 0 Å². The van der Waals surface area contributed by atoms with Crippen LogP contribution in [0.15, 0.2) is 6.33 Å². The van der Waals surface area contributed by atoms with Crippen molar-refractivity contribution < 1.29 is 20.1 Å². The van der Waals surface area contributed by atoms with E-state index in [1.807, 2.05) is 19.9 Å². The highest BCUT2D eigenvalue weighted by atomic mass is 16.6. The van der Waals surface area contributed by atoms with Crippen LogP contribution in [0.25, 0.3) is 0 Å². The van der Waals surface area contributed by atoms with Gasteiger partial charge >= 0.3 is 0 Å². The SMILES string of the molecule is CC(C)C#Cc1c(C#N)ncn1[C@@H]1O[C@H](CO)[C@@H](O)[C@H]1O. The van der Waals surface area contributed by atoms with E-state index in [2.05, 4.69) is 16.8 Å². The predicted octanol–water partition coefficient (Wildman–Crippen LogP) is -0.626. The number of aliphatic hydroxyl groups excluding tert-OH is 3. The molecule has 0 spiro atoms. The Morgan fingerprint density at radius 2 is 2.14 bits per heavy atom. The van der Waals surface area contributed by atoms with Crippen molar-refractivity contribution in [3.8, 4) is 17.9 Å². The first-order valence-corrected chi connectivity index (χ1v) is 6.60. The van der Waals surface area contributed by atoms with Gasteiger partial charge in [0.1, 0.15) is 30.1 Å². The van der Waals surface area contributed by atoms with Crippen molar-refractivity contribution >= 4 is 0 Å². The molecule has 0 aliphatic carbocycles. The Morgan fingerprint density at radius 3 is 2.67 bits per heavy atom. The number of rotatable bonds is 2. The zero-order valence-electron chi connectivity index (χ0n) is 11.8. The van der Waals surface area contributed by atoms with Gasteiger partial charge in [0.2, 0.25) is 0 Å². The minimum Gasteiger partial charge on any atom is -0.394 e. The summed E-state index contributed by atoms with van der Waals surface area (Å²) < 4.78 is 6.84. The quantitative estimate of drug-likeness (QED) is 0.626. The maximum absolute atomic E-state index is 10.0. The van der Waals surface area contributed by atoms with Gasteiger partial charge in [0.15, 0.2) is 11.9 Å². The van der Waals surface area contributed by atoms with Crippen LogP contribution in [0.5, 0.6) is 0 Å². The molecule has 0 bridgehead atoms. The van der Waals surface area contributed by atoms with E-state index in [-0.39, 0.29) is 11.6 Å². The van der Waals surface area contributed by atoms with Gasteiger partial charge in [0.05, 0.1) is 12.9 Å². The normalized spacial score (nSPS) is 28.2. The fourth-order valence-electron chi connectivity index (χ4n) is 2.08. The molecule has 1 aliphatic rings. The van der Waals surface area contributed by atoms with Crippen molar-refractivity contribution in [2.45, 2.75) is 38.4 Å². The maximum Gasteiger partial charge on any atom is 0.174 e. The van der Waals surface area contributed by atoms with Crippen LogP contribution in [-0.4, -0.2) is 49.8 Å². The third kappa shape index (κ3) is 2.92. The standard InChI is InChI=1S/C14H17N3O4/c1-8(2)3-4-10-9(5-15)16-7-17(10)14-13(20)12(19)11(6-18)21-14/h7-8,11-14,18-20H,6H2,1-2H3/t11-,12-,13-,14-/m1/s1. The first kappa shape index (κ1) is 15.5. The summed E-state index contributed by atoms with van der Waals surface area (Å²) in [6.45, 7) is 3.40. The summed E-state index contributed by atoms with van der Waals surface area (Å²) in [5.41, 5.74) is 0.446. The highest BCUT2D eigenvalue weighted by molar-refractivity contribution is 5.40. The van der Waals surface area contributed by atoms with Gasteiger partial charge in [-0.1, -0.05) is 19.8 Å². The average molecular weight is 291 g/mol. The smallest absolute Gasteiger partial charge is 0.174 e. The number of aromatic nitrogens is 2. The van der Waals surface area contributed by atoms with Crippen LogP contribution in [0.3, 0.4) is 0 Å². The zero-order chi connectivity index (χ0) is 15.6. The Kier molecular flexibility index (Phi) is 4.61. The molecule has 7 heteroatoms. The summed E-state index contributed by atoms with van der Waals surface area (Å²) in [6, 6.07) is 1.93. The highest BCUT2D eigenvalue weighted by Crippen LogP contribution is 2.30. The number of nitriles is 1. The summed E-state index contributed by atoms with van der Waals surface area (Å²) in [5.74, 6) is 5.88. The van der Waals surface area contributed by atoms with Crippen molar-refractivity contribution in [2.75, 3.05) is 6.61 Å². The molecule has 2 heterocycles. The van der Waals surface area contributed by atoms with E-state index < -0.39 is 31.1 Å². The Morgan fingerprint density at radius 1 is 1.43 bits per heavy atom. The number of hydrogen-bond acceptors (Lipinski definition) is 6. The van der Waals surface area contributed by atoms with Gasteiger partial charge < -0.3 is 20.1 Å². The molecule has 1 aliphatic heterocycles. The van der Waals surface area contributed by atoms with Gasteiger partial charge in [-0.25, -0.2) is 4.98 Å². The molecule has 0 unspecified atom stereocenters. The number of aliphatic hydroxyl groups is 3. The molecule has 1 fully saturated rings. The lowest BCUT2D eigenvalue weighted by Gasteiger charge is -2.17. The second-order valence-electron chi connectivity index (χ2n) is 5.11. The van der Waals surface area contributed by atoms with E-state index in [9.17, 15) is 10.2 Å². The van der Waals surface area contributed by atoms with Gasteiger partial charge in [-0.15, -0.1) is 0 Å². The summed E-state index contributed by atoms with van der Waals surface area (Å²) in [4.78, 5) is 3.93. The van der Waals surface area contributed by atoms with Crippen LogP contribution < -0.4 is 0 Å². The van der Waals surface area contributed by atoms with Gasteiger partial charge in [0, 0.05) is 5.92 Å². The summed E-state index contributed by atoms with van der Waals surface area (Å²) in [7, 11) is 0. The molecule has 0 radical (unpaired) electrons. The number of imidazole rings is 1. The third-order valence-electron chi connectivity index (χ3n) is 3.17. The topological polar surface area (TPSA) is 112 Å². The van der Waals surface area contributed by atoms with Gasteiger partial charge in [-0.05, 0) is 5.92 Å². The van der Waals surface area contributed by atoms with Crippen molar-refractivity contribution in [3.05, 3.63) is 17.7 Å². The minimum atomic E-state index is -1.23. The van der Waals surface area contributed by atoms with E-state index >= 15 is 0 Å². The summed E-state index contributed by atoms with van der Waals surface area (Å²) in [6.07, 6.45) is -2.93. The highest BCUT2D eigenvalue weighted by Gasteiger charge is 2.44. The van der Waals surface area contributed by atoms with E-state index in [1.165, 1.54) is 10.9 Å². The molecule has 7 nitrogen and oxygen atoms in total. The number of ether oxygens (including phenoxy) is 1. The lowest BCUT2D eigenvalue weighted by Crippen LogP contribution is -2.33. The third-order valence-corrected chi connectivity index (χ3v) is 3.17.